The molecule has 0 unspecified atom stereocenters. The summed E-state index contributed by atoms with van der Waals surface area (Å²) in [6.07, 6.45) is -0.700. The third-order valence-electron chi connectivity index (χ3n) is 5.33. The molecule has 0 saturated carbocycles. The largest absolute Gasteiger partial charge is 0.416 e. The van der Waals surface area contributed by atoms with E-state index in [4.69, 9.17) is 0 Å². The Kier molecular flexibility index (Phi) is 5.64. The maximum absolute atomic E-state index is 12.9. The van der Waals surface area contributed by atoms with Gasteiger partial charge in [0.25, 0.3) is 0 Å². The summed E-state index contributed by atoms with van der Waals surface area (Å²) >= 11 is 1.66. The van der Waals surface area contributed by atoms with Gasteiger partial charge in [0.15, 0.2) is 0 Å². The molecule has 2 aromatic heterocycles. The summed E-state index contributed by atoms with van der Waals surface area (Å²) in [6, 6.07) is 6.86. The van der Waals surface area contributed by atoms with Crippen molar-refractivity contribution in [1.82, 2.24) is 9.97 Å². The van der Waals surface area contributed by atoms with Crippen molar-refractivity contribution in [2.45, 2.75) is 32.4 Å². The molecule has 9 heteroatoms. The number of rotatable bonds is 4. The van der Waals surface area contributed by atoms with Crippen LogP contribution in [0.5, 0.6) is 0 Å². The highest BCUT2D eigenvalue weighted by molar-refractivity contribution is 7.18. The van der Waals surface area contributed by atoms with Crippen LogP contribution in [0.15, 0.2) is 36.7 Å². The Morgan fingerprint density at radius 3 is 2.70 bits per heavy atom. The fourth-order valence-electron chi connectivity index (χ4n) is 3.69. The van der Waals surface area contributed by atoms with Crippen molar-refractivity contribution in [2.24, 2.45) is 5.92 Å². The normalized spacial score (nSPS) is 15.5. The summed E-state index contributed by atoms with van der Waals surface area (Å²) in [5.41, 5.74) is -0.606. The van der Waals surface area contributed by atoms with Gasteiger partial charge in [0, 0.05) is 29.6 Å². The van der Waals surface area contributed by atoms with Gasteiger partial charge in [0.2, 0.25) is 5.91 Å². The highest BCUT2D eigenvalue weighted by Gasteiger charge is 2.31. The first-order chi connectivity index (χ1) is 14.3. The molecule has 0 atom stereocenters. The van der Waals surface area contributed by atoms with Crippen molar-refractivity contribution in [3.8, 4) is 0 Å². The van der Waals surface area contributed by atoms with Crippen LogP contribution < -0.4 is 10.2 Å². The van der Waals surface area contributed by atoms with E-state index in [9.17, 15) is 18.0 Å². The number of carbonyl (C=O) groups excluding carboxylic acids is 1. The molecule has 1 saturated heterocycles. The van der Waals surface area contributed by atoms with Crippen LogP contribution in [0.3, 0.4) is 0 Å². The van der Waals surface area contributed by atoms with Gasteiger partial charge in [-0.3, -0.25) is 4.79 Å². The SMILES string of the molecule is CCc1cc2c(N3CCC(C(=O)Nc4cccc(C(F)(F)F)c4)CC3)ncnc2s1. The van der Waals surface area contributed by atoms with Crippen LogP contribution in [0.4, 0.5) is 24.7 Å². The molecule has 1 aromatic carbocycles. The fraction of sp³-hybridized carbons (Fsp3) is 0.381. The van der Waals surface area contributed by atoms with E-state index >= 15 is 0 Å². The van der Waals surface area contributed by atoms with Crippen LogP contribution in [0.25, 0.3) is 10.2 Å². The van der Waals surface area contributed by atoms with Gasteiger partial charge in [-0.1, -0.05) is 13.0 Å². The van der Waals surface area contributed by atoms with Crippen LogP contribution in [-0.4, -0.2) is 29.0 Å². The van der Waals surface area contributed by atoms with E-state index in [0.717, 1.165) is 34.6 Å². The number of anilines is 2. The first-order valence-electron chi connectivity index (χ1n) is 9.81. The number of fused-ring (bicyclic) bond motifs is 1. The number of amides is 1. The molecule has 1 aliphatic heterocycles. The van der Waals surface area contributed by atoms with Crippen molar-refractivity contribution in [1.29, 1.82) is 0 Å². The first kappa shape index (κ1) is 20.6. The molecule has 5 nitrogen and oxygen atoms in total. The number of halogens is 3. The van der Waals surface area contributed by atoms with Crippen molar-refractivity contribution < 1.29 is 18.0 Å². The lowest BCUT2D eigenvalue weighted by molar-refractivity contribution is -0.137. The van der Waals surface area contributed by atoms with E-state index in [0.29, 0.717) is 25.9 Å². The summed E-state index contributed by atoms with van der Waals surface area (Å²) in [5, 5.41) is 3.67. The predicted octanol–water partition coefficient (Wildman–Crippen LogP) is 5.13. The zero-order valence-corrected chi connectivity index (χ0v) is 17.2. The van der Waals surface area contributed by atoms with Gasteiger partial charge >= 0.3 is 6.18 Å². The van der Waals surface area contributed by atoms with E-state index in [1.54, 1.807) is 17.7 Å². The van der Waals surface area contributed by atoms with Gasteiger partial charge in [-0.05, 0) is 43.5 Å². The monoisotopic (exact) mass is 434 g/mol. The molecule has 0 spiro atoms. The van der Waals surface area contributed by atoms with Crippen LogP contribution in [0.2, 0.25) is 0 Å². The Balaban J connectivity index is 1.41. The lowest BCUT2D eigenvalue weighted by atomic mass is 9.95. The van der Waals surface area contributed by atoms with E-state index in [-0.39, 0.29) is 17.5 Å². The Morgan fingerprint density at radius 2 is 2.00 bits per heavy atom. The van der Waals surface area contributed by atoms with Crippen LogP contribution in [0.1, 0.15) is 30.2 Å². The van der Waals surface area contributed by atoms with E-state index < -0.39 is 11.7 Å². The first-order valence-corrected chi connectivity index (χ1v) is 10.6. The summed E-state index contributed by atoms with van der Waals surface area (Å²) in [4.78, 5) is 25.8. The molecule has 3 aromatic rings. The minimum atomic E-state index is -4.44. The topological polar surface area (TPSA) is 58.1 Å². The van der Waals surface area contributed by atoms with E-state index in [1.807, 2.05) is 0 Å². The van der Waals surface area contributed by atoms with Gasteiger partial charge in [0.05, 0.1) is 10.9 Å². The quantitative estimate of drug-likeness (QED) is 0.619. The van der Waals surface area contributed by atoms with Crippen molar-refractivity contribution >= 4 is 39.0 Å². The second-order valence-electron chi connectivity index (χ2n) is 7.31. The molecule has 3 heterocycles. The number of thiophene rings is 1. The van der Waals surface area contributed by atoms with Crippen molar-refractivity contribution in [3.05, 3.63) is 47.1 Å². The van der Waals surface area contributed by atoms with Gasteiger partial charge < -0.3 is 10.2 Å². The Labute approximate surface area is 175 Å². The molecule has 158 valence electrons. The Hall–Kier alpha value is -2.68. The molecule has 1 amide bonds. The third-order valence-corrected chi connectivity index (χ3v) is 6.52. The van der Waals surface area contributed by atoms with E-state index in [2.05, 4.69) is 33.2 Å². The van der Waals surface area contributed by atoms with Crippen molar-refractivity contribution in [3.63, 3.8) is 0 Å². The zero-order valence-electron chi connectivity index (χ0n) is 16.4. The minimum Gasteiger partial charge on any atom is -0.356 e. The number of piperidine rings is 1. The molecular weight excluding hydrogens is 413 g/mol. The second kappa shape index (κ2) is 8.22. The molecule has 1 fully saturated rings. The average Bonchev–Trinajstić information content (AvgIpc) is 3.17. The number of alkyl halides is 3. The predicted molar refractivity (Wildman–Crippen MR) is 112 cm³/mol. The smallest absolute Gasteiger partial charge is 0.356 e. The molecule has 4 rings (SSSR count). The average molecular weight is 434 g/mol. The number of hydrogen-bond donors (Lipinski definition) is 1. The van der Waals surface area contributed by atoms with Crippen LogP contribution in [0, 0.1) is 5.92 Å². The number of hydrogen-bond acceptors (Lipinski definition) is 5. The molecule has 0 aliphatic carbocycles. The number of carbonyl (C=O) groups is 1. The molecule has 0 radical (unpaired) electrons. The van der Waals surface area contributed by atoms with Gasteiger partial charge in [0.1, 0.15) is 17.0 Å². The van der Waals surface area contributed by atoms with Gasteiger partial charge in [-0.25, -0.2) is 9.97 Å². The summed E-state index contributed by atoms with van der Waals surface area (Å²) in [7, 11) is 0. The number of nitrogens with zero attached hydrogens (tertiary/aromatic N) is 3. The summed E-state index contributed by atoms with van der Waals surface area (Å²) in [5.74, 6) is 0.389. The lowest BCUT2D eigenvalue weighted by Crippen LogP contribution is -2.38. The Bertz CT molecular complexity index is 1060. The number of benzene rings is 1. The van der Waals surface area contributed by atoms with Crippen molar-refractivity contribution in [2.75, 3.05) is 23.3 Å². The number of aromatic nitrogens is 2. The van der Waals surface area contributed by atoms with Crippen LogP contribution >= 0.6 is 11.3 Å². The summed E-state index contributed by atoms with van der Waals surface area (Å²) in [6.45, 7) is 3.42. The highest BCUT2D eigenvalue weighted by atomic mass is 32.1. The third kappa shape index (κ3) is 4.26. The fourth-order valence-corrected chi connectivity index (χ4v) is 4.62. The number of nitrogens with one attached hydrogen (secondary N) is 1. The number of aryl methyl sites for hydroxylation is 1. The molecular formula is C21H21F3N4OS. The lowest BCUT2D eigenvalue weighted by Gasteiger charge is -2.32. The maximum atomic E-state index is 12.9. The minimum absolute atomic E-state index is 0.167. The standard InChI is InChI=1S/C21H21F3N4OS/c1-2-16-11-17-18(25-12-26-20(17)30-16)28-8-6-13(7-9-28)19(29)27-15-5-3-4-14(10-15)21(22,23)24/h3-5,10-13H,2,6-9H2,1H3,(H,27,29). The molecule has 30 heavy (non-hydrogen) atoms. The highest BCUT2D eigenvalue weighted by Crippen LogP contribution is 2.33. The van der Waals surface area contributed by atoms with Gasteiger partial charge in [-0.2, -0.15) is 13.2 Å². The molecule has 0 bridgehead atoms. The second-order valence-corrected chi connectivity index (χ2v) is 8.43. The molecule has 1 N–H and O–H groups in total. The zero-order chi connectivity index (χ0) is 21.3. The summed E-state index contributed by atoms with van der Waals surface area (Å²) < 4.78 is 38.6. The Morgan fingerprint density at radius 1 is 1.23 bits per heavy atom. The maximum Gasteiger partial charge on any atom is 0.416 e. The van der Waals surface area contributed by atoms with E-state index in [1.165, 1.54) is 17.0 Å². The molecule has 1 aliphatic rings. The van der Waals surface area contributed by atoms with Gasteiger partial charge in [-0.15, -0.1) is 11.3 Å². The van der Waals surface area contributed by atoms with Crippen LogP contribution in [-0.2, 0) is 17.4 Å².